The molecule has 2 rings (SSSR count). The zero-order valence-electron chi connectivity index (χ0n) is 11.5. The highest BCUT2D eigenvalue weighted by molar-refractivity contribution is 4.84. The first-order chi connectivity index (χ1) is 8.88. The van der Waals surface area contributed by atoms with Crippen LogP contribution in [-0.4, -0.2) is 16.7 Å². The summed E-state index contributed by atoms with van der Waals surface area (Å²) in [6, 6.07) is 0. The van der Waals surface area contributed by atoms with E-state index in [2.05, 4.69) is 22.4 Å². The molecule has 0 unspecified atom stereocenters. The molecule has 1 aliphatic rings. The van der Waals surface area contributed by atoms with Crippen LogP contribution >= 0.6 is 0 Å². The Kier molecular flexibility index (Phi) is 5.65. The quantitative estimate of drug-likeness (QED) is 0.623. The van der Waals surface area contributed by atoms with Gasteiger partial charge in [0.25, 0.3) is 0 Å². The summed E-state index contributed by atoms with van der Waals surface area (Å²) in [5.41, 5.74) is 0. The Bertz CT molecular complexity index is 330. The van der Waals surface area contributed by atoms with Crippen molar-refractivity contribution in [3.8, 4) is 0 Å². The molecule has 1 N–H and O–H groups in total. The van der Waals surface area contributed by atoms with E-state index in [1.165, 1.54) is 38.5 Å². The van der Waals surface area contributed by atoms with Gasteiger partial charge < -0.3 is 9.73 Å². The van der Waals surface area contributed by atoms with Gasteiger partial charge in [0.15, 0.2) is 0 Å². The zero-order valence-corrected chi connectivity index (χ0v) is 11.5. The highest BCUT2D eigenvalue weighted by Gasteiger charge is 2.16. The SMILES string of the molecule is CCCNCc1nnc(CC2CCCCCC2)o1. The van der Waals surface area contributed by atoms with Gasteiger partial charge in [-0.25, -0.2) is 0 Å². The van der Waals surface area contributed by atoms with Gasteiger partial charge in [-0.2, -0.15) is 0 Å². The van der Waals surface area contributed by atoms with E-state index in [9.17, 15) is 0 Å². The Morgan fingerprint density at radius 2 is 1.83 bits per heavy atom. The average molecular weight is 251 g/mol. The molecule has 0 saturated heterocycles. The fraction of sp³-hybridized carbons (Fsp3) is 0.857. The fourth-order valence-corrected chi connectivity index (χ4v) is 2.63. The molecule has 1 saturated carbocycles. The van der Waals surface area contributed by atoms with Crippen LogP contribution < -0.4 is 5.32 Å². The van der Waals surface area contributed by atoms with Crippen molar-refractivity contribution in [2.24, 2.45) is 5.92 Å². The summed E-state index contributed by atoms with van der Waals surface area (Å²) in [4.78, 5) is 0. The Hall–Kier alpha value is -0.900. The molecule has 102 valence electrons. The third-order valence-electron chi connectivity index (χ3n) is 3.65. The molecule has 0 atom stereocenters. The minimum Gasteiger partial charge on any atom is -0.424 e. The van der Waals surface area contributed by atoms with Crippen molar-refractivity contribution in [2.75, 3.05) is 6.54 Å². The van der Waals surface area contributed by atoms with E-state index in [4.69, 9.17) is 4.42 Å². The maximum Gasteiger partial charge on any atom is 0.230 e. The second-order valence-corrected chi connectivity index (χ2v) is 5.33. The summed E-state index contributed by atoms with van der Waals surface area (Å²) >= 11 is 0. The first kappa shape index (κ1) is 13.5. The van der Waals surface area contributed by atoms with E-state index in [0.29, 0.717) is 6.54 Å². The van der Waals surface area contributed by atoms with E-state index >= 15 is 0 Å². The number of hydrogen-bond acceptors (Lipinski definition) is 4. The number of nitrogens with one attached hydrogen (secondary N) is 1. The molecule has 1 heterocycles. The normalized spacial score (nSPS) is 17.8. The van der Waals surface area contributed by atoms with E-state index in [1.54, 1.807) is 0 Å². The number of hydrogen-bond donors (Lipinski definition) is 1. The summed E-state index contributed by atoms with van der Waals surface area (Å²) in [6.07, 6.45) is 10.3. The monoisotopic (exact) mass is 251 g/mol. The second kappa shape index (κ2) is 7.52. The molecule has 1 aliphatic carbocycles. The van der Waals surface area contributed by atoms with Crippen molar-refractivity contribution >= 4 is 0 Å². The molecule has 1 fully saturated rings. The molecular formula is C14H25N3O. The van der Waals surface area contributed by atoms with Crippen molar-refractivity contribution in [3.05, 3.63) is 11.8 Å². The highest BCUT2D eigenvalue weighted by Crippen LogP contribution is 2.25. The number of nitrogens with zero attached hydrogens (tertiary/aromatic N) is 2. The molecule has 0 aliphatic heterocycles. The van der Waals surface area contributed by atoms with Crippen LogP contribution in [-0.2, 0) is 13.0 Å². The maximum atomic E-state index is 5.69. The van der Waals surface area contributed by atoms with Gasteiger partial charge in [0.1, 0.15) is 0 Å². The predicted molar refractivity (Wildman–Crippen MR) is 71.2 cm³/mol. The molecule has 18 heavy (non-hydrogen) atoms. The molecular weight excluding hydrogens is 226 g/mol. The molecule has 0 radical (unpaired) electrons. The smallest absolute Gasteiger partial charge is 0.230 e. The number of aromatic nitrogens is 2. The van der Waals surface area contributed by atoms with Crippen molar-refractivity contribution < 1.29 is 4.42 Å². The fourth-order valence-electron chi connectivity index (χ4n) is 2.63. The van der Waals surface area contributed by atoms with Crippen LogP contribution in [0.4, 0.5) is 0 Å². The lowest BCUT2D eigenvalue weighted by Crippen LogP contribution is -2.13. The van der Waals surface area contributed by atoms with Crippen molar-refractivity contribution in [1.82, 2.24) is 15.5 Å². The van der Waals surface area contributed by atoms with Crippen LogP contribution in [0.5, 0.6) is 0 Å². The largest absolute Gasteiger partial charge is 0.424 e. The lowest BCUT2D eigenvalue weighted by atomic mass is 9.97. The molecule has 1 aromatic rings. The molecule has 4 nitrogen and oxygen atoms in total. The van der Waals surface area contributed by atoms with E-state index < -0.39 is 0 Å². The van der Waals surface area contributed by atoms with Crippen LogP contribution in [0, 0.1) is 5.92 Å². The minimum atomic E-state index is 0.700. The summed E-state index contributed by atoms with van der Waals surface area (Å²) in [7, 11) is 0. The average Bonchev–Trinajstić information content (AvgIpc) is 2.65. The second-order valence-electron chi connectivity index (χ2n) is 5.33. The lowest BCUT2D eigenvalue weighted by Gasteiger charge is -2.10. The van der Waals surface area contributed by atoms with Crippen molar-refractivity contribution in [2.45, 2.75) is 64.8 Å². The van der Waals surface area contributed by atoms with Gasteiger partial charge >= 0.3 is 0 Å². The van der Waals surface area contributed by atoms with E-state index in [0.717, 1.165) is 37.1 Å². The predicted octanol–water partition coefficient (Wildman–Crippen LogP) is 3.08. The molecule has 0 amide bonds. The van der Waals surface area contributed by atoms with Crippen LogP contribution in [0.15, 0.2) is 4.42 Å². The third kappa shape index (κ3) is 4.41. The van der Waals surface area contributed by atoms with Gasteiger partial charge in [-0.15, -0.1) is 10.2 Å². The molecule has 0 spiro atoms. The summed E-state index contributed by atoms with van der Waals surface area (Å²) in [5, 5.41) is 11.5. The molecule has 0 bridgehead atoms. The Balaban J connectivity index is 1.78. The Morgan fingerprint density at radius 3 is 2.56 bits per heavy atom. The Labute approximate surface area is 110 Å². The van der Waals surface area contributed by atoms with Crippen LogP contribution in [0.1, 0.15) is 63.7 Å². The van der Waals surface area contributed by atoms with Crippen LogP contribution in [0.3, 0.4) is 0 Å². The van der Waals surface area contributed by atoms with Gasteiger partial charge in [0, 0.05) is 6.42 Å². The van der Waals surface area contributed by atoms with Gasteiger partial charge in [0.05, 0.1) is 6.54 Å². The minimum absolute atomic E-state index is 0.700. The van der Waals surface area contributed by atoms with Gasteiger partial charge in [-0.05, 0) is 31.7 Å². The van der Waals surface area contributed by atoms with E-state index in [1.807, 2.05) is 0 Å². The first-order valence-electron chi connectivity index (χ1n) is 7.40. The number of rotatable bonds is 6. The van der Waals surface area contributed by atoms with Crippen LogP contribution in [0.2, 0.25) is 0 Å². The van der Waals surface area contributed by atoms with Crippen LogP contribution in [0.25, 0.3) is 0 Å². The van der Waals surface area contributed by atoms with Crippen molar-refractivity contribution in [1.29, 1.82) is 0 Å². The van der Waals surface area contributed by atoms with E-state index in [-0.39, 0.29) is 0 Å². The zero-order chi connectivity index (χ0) is 12.6. The Morgan fingerprint density at radius 1 is 1.11 bits per heavy atom. The van der Waals surface area contributed by atoms with Gasteiger partial charge in [0.2, 0.25) is 11.8 Å². The molecule has 1 aromatic heterocycles. The van der Waals surface area contributed by atoms with Gasteiger partial charge in [-0.1, -0.05) is 32.6 Å². The summed E-state index contributed by atoms with van der Waals surface area (Å²) < 4.78 is 5.69. The summed E-state index contributed by atoms with van der Waals surface area (Å²) in [5.74, 6) is 2.31. The highest BCUT2D eigenvalue weighted by atomic mass is 16.4. The molecule has 4 heteroatoms. The maximum absolute atomic E-state index is 5.69. The first-order valence-corrected chi connectivity index (χ1v) is 7.40. The van der Waals surface area contributed by atoms with Crippen molar-refractivity contribution in [3.63, 3.8) is 0 Å². The standard InChI is InChI=1S/C14H25N3O/c1-2-9-15-11-14-17-16-13(18-14)10-12-7-5-3-4-6-8-12/h12,15H,2-11H2,1H3. The molecule has 0 aromatic carbocycles. The third-order valence-corrected chi connectivity index (χ3v) is 3.65. The van der Waals surface area contributed by atoms with Gasteiger partial charge in [-0.3, -0.25) is 0 Å². The summed E-state index contributed by atoms with van der Waals surface area (Å²) in [6.45, 7) is 3.85. The topological polar surface area (TPSA) is 51.0 Å². The lowest BCUT2D eigenvalue weighted by molar-refractivity contribution is 0.374.